The zero-order valence-corrected chi connectivity index (χ0v) is 14.1. The van der Waals surface area contributed by atoms with Gasteiger partial charge in [-0.15, -0.1) is 0 Å². The third-order valence-electron chi connectivity index (χ3n) is 3.61. The number of benzene rings is 1. The number of ether oxygens (including phenoxy) is 1. The van der Waals surface area contributed by atoms with Gasteiger partial charge in [-0.1, -0.05) is 26.0 Å². The number of aryl methyl sites for hydroxylation is 2. The van der Waals surface area contributed by atoms with Crippen LogP contribution in [0.5, 0.6) is 5.75 Å². The fraction of sp³-hybridized carbons (Fsp3) is 0.500. The fourth-order valence-electron chi connectivity index (χ4n) is 2.19. The highest BCUT2D eigenvalue weighted by molar-refractivity contribution is 7.71. The van der Waals surface area contributed by atoms with Crippen LogP contribution in [-0.4, -0.2) is 14.3 Å². The molecule has 1 atom stereocenters. The summed E-state index contributed by atoms with van der Waals surface area (Å²) in [5, 5.41) is 4.37. The predicted octanol–water partition coefficient (Wildman–Crippen LogP) is 4.19. The van der Waals surface area contributed by atoms with Crippen molar-refractivity contribution in [2.24, 2.45) is 13.0 Å². The van der Waals surface area contributed by atoms with E-state index in [0.29, 0.717) is 10.7 Å². The monoisotopic (exact) mass is 305 g/mol. The summed E-state index contributed by atoms with van der Waals surface area (Å²) in [4.78, 5) is 0. The summed E-state index contributed by atoms with van der Waals surface area (Å²) >= 11 is 5.41. The molecule has 114 valence electrons. The molecule has 21 heavy (non-hydrogen) atoms. The van der Waals surface area contributed by atoms with Gasteiger partial charge in [-0.25, -0.2) is 0 Å². The van der Waals surface area contributed by atoms with Crippen LogP contribution in [0, 0.1) is 24.5 Å². The van der Waals surface area contributed by atoms with Crippen molar-refractivity contribution in [3.05, 3.63) is 40.4 Å². The molecule has 0 spiro atoms. The van der Waals surface area contributed by atoms with E-state index in [1.165, 1.54) is 5.56 Å². The Morgan fingerprint density at radius 1 is 1.29 bits per heavy atom. The van der Waals surface area contributed by atoms with Crippen molar-refractivity contribution in [1.29, 1.82) is 0 Å². The van der Waals surface area contributed by atoms with Crippen LogP contribution in [0.2, 0.25) is 0 Å². The van der Waals surface area contributed by atoms with E-state index in [1.807, 2.05) is 23.7 Å². The quantitative estimate of drug-likeness (QED) is 0.776. The van der Waals surface area contributed by atoms with Crippen LogP contribution in [0.1, 0.15) is 37.6 Å². The Hall–Kier alpha value is -1.62. The van der Waals surface area contributed by atoms with Crippen LogP contribution in [0.4, 0.5) is 0 Å². The topological polar surface area (TPSA) is 32.0 Å². The average molecular weight is 305 g/mol. The van der Waals surface area contributed by atoms with Gasteiger partial charge in [0.15, 0.2) is 6.23 Å². The molecule has 0 bridgehead atoms. The molecule has 0 aliphatic carbocycles. The minimum absolute atomic E-state index is 0.181. The summed E-state index contributed by atoms with van der Waals surface area (Å²) < 4.78 is 10.5. The van der Waals surface area contributed by atoms with Crippen molar-refractivity contribution in [3.63, 3.8) is 0 Å². The fourth-order valence-corrected chi connectivity index (χ4v) is 2.40. The third kappa shape index (κ3) is 3.53. The first-order valence-electron chi connectivity index (χ1n) is 7.23. The highest BCUT2D eigenvalue weighted by atomic mass is 32.1. The third-order valence-corrected chi connectivity index (χ3v) is 4.09. The Morgan fingerprint density at radius 3 is 2.57 bits per heavy atom. The van der Waals surface area contributed by atoms with Gasteiger partial charge in [0, 0.05) is 13.5 Å². The lowest BCUT2D eigenvalue weighted by atomic mass is 10.1. The van der Waals surface area contributed by atoms with Gasteiger partial charge in [-0.3, -0.25) is 0 Å². The molecular formula is C16H23N3OS. The molecular weight excluding hydrogens is 282 g/mol. The maximum Gasteiger partial charge on any atom is 0.200 e. The van der Waals surface area contributed by atoms with E-state index >= 15 is 0 Å². The standard InChI is InChI=1S/C16H23N3OS/c1-11(2)9-15(19-16(21)18(5)10-17-19)20-14-8-6-7-12(3)13(14)4/h6-8,10-11,15H,9H2,1-5H3. The Bertz CT molecular complexity index is 672. The Kier molecular flexibility index (Phi) is 4.83. The molecule has 0 N–H and O–H groups in total. The smallest absolute Gasteiger partial charge is 0.200 e. The normalized spacial score (nSPS) is 12.7. The van der Waals surface area contributed by atoms with Gasteiger partial charge in [-0.2, -0.15) is 9.78 Å². The average Bonchev–Trinajstić information content (AvgIpc) is 2.74. The second-order valence-electron chi connectivity index (χ2n) is 5.87. The molecule has 0 saturated carbocycles. The summed E-state index contributed by atoms with van der Waals surface area (Å²) in [7, 11) is 1.90. The van der Waals surface area contributed by atoms with Gasteiger partial charge in [0.05, 0.1) is 0 Å². The van der Waals surface area contributed by atoms with Crippen LogP contribution in [0.25, 0.3) is 0 Å². The second-order valence-corrected chi connectivity index (χ2v) is 6.23. The lowest BCUT2D eigenvalue weighted by Gasteiger charge is -2.22. The summed E-state index contributed by atoms with van der Waals surface area (Å²) in [6.07, 6.45) is 2.40. The van der Waals surface area contributed by atoms with E-state index in [0.717, 1.165) is 17.7 Å². The molecule has 2 aromatic rings. The molecule has 0 radical (unpaired) electrons. The molecule has 1 heterocycles. The maximum atomic E-state index is 6.24. The first-order chi connectivity index (χ1) is 9.90. The molecule has 0 aliphatic heterocycles. The van der Waals surface area contributed by atoms with Crippen LogP contribution >= 0.6 is 12.2 Å². The van der Waals surface area contributed by atoms with Crippen molar-refractivity contribution in [2.75, 3.05) is 0 Å². The van der Waals surface area contributed by atoms with E-state index in [2.05, 4.69) is 38.9 Å². The second kappa shape index (κ2) is 6.43. The zero-order chi connectivity index (χ0) is 15.6. The van der Waals surface area contributed by atoms with Gasteiger partial charge in [-0.05, 0) is 49.2 Å². The first kappa shape index (κ1) is 15.8. The summed E-state index contributed by atoms with van der Waals surface area (Å²) in [6.45, 7) is 8.51. The van der Waals surface area contributed by atoms with E-state index in [4.69, 9.17) is 17.0 Å². The van der Waals surface area contributed by atoms with E-state index in [1.54, 1.807) is 11.0 Å². The number of hydrogen-bond donors (Lipinski definition) is 0. The summed E-state index contributed by atoms with van der Waals surface area (Å²) in [5.74, 6) is 1.39. The largest absolute Gasteiger partial charge is 0.468 e. The lowest BCUT2D eigenvalue weighted by Crippen LogP contribution is -2.20. The van der Waals surface area contributed by atoms with E-state index in [-0.39, 0.29) is 6.23 Å². The molecule has 1 aromatic heterocycles. The van der Waals surface area contributed by atoms with Crippen molar-refractivity contribution in [2.45, 2.75) is 40.3 Å². The zero-order valence-electron chi connectivity index (χ0n) is 13.3. The lowest BCUT2D eigenvalue weighted by molar-refractivity contribution is 0.0915. The highest BCUT2D eigenvalue weighted by Crippen LogP contribution is 2.27. The van der Waals surface area contributed by atoms with Crippen LogP contribution in [-0.2, 0) is 7.05 Å². The van der Waals surface area contributed by atoms with Gasteiger partial charge < -0.3 is 9.30 Å². The van der Waals surface area contributed by atoms with Crippen molar-refractivity contribution >= 4 is 12.2 Å². The van der Waals surface area contributed by atoms with Gasteiger partial charge in [0.2, 0.25) is 4.77 Å². The first-order valence-corrected chi connectivity index (χ1v) is 7.64. The van der Waals surface area contributed by atoms with Gasteiger partial charge in [0.1, 0.15) is 12.1 Å². The van der Waals surface area contributed by atoms with Crippen molar-refractivity contribution in [3.8, 4) is 5.75 Å². The molecule has 1 aromatic carbocycles. The van der Waals surface area contributed by atoms with Crippen LogP contribution in [0.15, 0.2) is 24.5 Å². The van der Waals surface area contributed by atoms with Crippen LogP contribution < -0.4 is 4.74 Å². The molecule has 5 heteroatoms. The number of rotatable bonds is 5. The Morgan fingerprint density at radius 2 is 2.00 bits per heavy atom. The summed E-state index contributed by atoms with van der Waals surface area (Å²) in [6, 6.07) is 6.11. The number of nitrogens with zero attached hydrogens (tertiary/aromatic N) is 3. The molecule has 0 saturated heterocycles. The Labute approximate surface area is 131 Å². The molecule has 1 unspecified atom stereocenters. The molecule has 0 amide bonds. The highest BCUT2D eigenvalue weighted by Gasteiger charge is 2.18. The molecule has 0 fully saturated rings. The van der Waals surface area contributed by atoms with E-state index < -0.39 is 0 Å². The predicted molar refractivity (Wildman–Crippen MR) is 87.1 cm³/mol. The van der Waals surface area contributed by atoms with Crippen molar-refractivity contribution < 1.29 is 4.74 Å². The van der Waals surface area contributed by atoms with Crippen LogP contribution in [0.3, 0.4) is 0 Å². The van der Waals surface area contributed by atoms with E-state index in [9.17, 15) is 0 Å². The number of hydrogen-bond acceptors (Lipinski definition) is 3. The van der Waals surface area contributed by atoms with Crippen molar-refractivity contribution in [1.82, 2.24) is 14.3 Å². The molecule has 2 rings (SSSR count). The van der Waals surface area contributed by atoms with Gasteiger partial charge >= 0.3 is 0 Å². The SMILES string of the molecule is Cc1cccc(OC(CC(C)C)n2ncn(C)c2=S)c1C. The minimum atomic E-state index is -0.181. The minimum Gasteiger partial charge on any atom is -0.468 e. The number of aromatic nitrogens is 3. The maximum absolute atomic E-state index is 6.24. The summed E-state index contributed by atoms with van der Waals surface area (Å²) in [5.41, 5.74) is 2.38. The molecule has 4 nitrogen and oxygen atoms in total. The Balaban J connectivity index is 2.35. The van der Waals surface area contributed by atoms with Gasteiger partial charge in [0.25, 0.3) is 0 Å². The molecule has 0 aliphatic rings.